The number of ether oxygens (including phenoxy) is 2. The highest BCUT2D eigenvalue weighted by molar-refractivity contribution is 7.22. The molecular weight excluding hydrogens is 414 g/mol. The van der Waals surface area contributed by atoms with E-state index in [-0.39, 0.29) is 11.8 Å². The van der Waals surface area contributed by atoms with Crippen molar-refractivity contribution in [2.45, 2.75) is 0 Å². The number of carbonyl (C=O) groups is 2. The highest BCUT2D eigenvalue weighted by atomic mass is 32.1. The largest absolute Gasteiger partial charge is 0.496 e. The van der Waals surface area contributed by atoms with Crippen molar-refractivity contribution in [3.05, 3.63) is 77.9 Å². The normalized spacial score (nSPS) is 10.5. The highest BCUT2D eigenvalue weighted by Crippen LogP contribution is 2.30. The van der Waals surface area contributed by atoms with Gasteiger partial charge < -0.3 is 14.8 Å². The van der Waals surface area contributed by atoms with E-state index in [4.69, 9.17) is 9.47 Å². The van der Waals surface area contributed by atoms with Gasteiger partial charge in [-0.3, -0.25) is 14.9 Å². The van der Waals surface area contributed by atoms with Gasteiger partial charge in [0, 0.05) is 5.69 Å². The van der Waals surface area contributed by atoms with Crippen LogP contribution in [0, 0.1) is 0 Å². The summed E-state index contributed by atoms with van der Waals surface area (Å²) in [6.45, 7) is 0. The number of fused-ring (bicyclic) bond motifs is 1. The van der Waals surface area contributed by atoms with Crippen LogP contribution in [0.2, 0.25) is 0 Å². The summed E-state index contributed by atoms with van der Waals surface area (Å²) in [5.74, 6) is 0.412. The van der Waals surface area contributed by atoms with Gasteiger partial charge in [0.25, 0.3) is 11.8 Å². The standard InChI is InChI=1S/C23H19N3O4S/c1-29-18-9-5-3-7-15(18)21(27)24-14-11-12-17-20(13-14)31-23(25-17)26-22(28)16-8-4-6-10-19(16)30-2/h3-13H,1-2H3,(H,24,27)(H,25,26,28). The molecular formula is C23H19N3O4S. The van der Waals surface area contributed by atoms with E-state index in [0.29, 0.717) is 33.4 Å². The molecule has 8 heteroatoms. The molecule has 31 heavy (non-hydrogen) atoms. The summed E-state index contributed by atoms with van der Waals surface area (Å²) in [4.78, 5) is 29.7. The average Bonchev–Trinajstić information content (AvgIpc) is 3.20. The van der Waals surface area contributed by atoms with Crippen LogP contribution in [-0.4, -0.2) is 31.0 Å². The molecule has 0 aliphatic heterocycles. The van der Waals surface area contributed by atoms with E-state index < -0.39 is 0 Å². The number of amides is 2. The maximum absolute atomic E-state index is 12.6. The number of carbonyl (C=O) groups excluding carboxylic acids is 2. The Labute approximate surface area is 182 Å². The number of aromatic nitrogens is 1. The fourth-order valence-corrected chi connectivity index (χ4v) is 3.98. The Morgan fingerprint density at radius 2 is 1.39 bits per heavy atom. The SMILES string of the molecule is COc1ccccc1C(=O)Nc1ccc2nc(NC(=O)c3ccccc3OC)sc2c1. The predicted octanol–water partition coefficient (Wildman–Crippen LogP) is 4.82. The van der Waals surface area contributed by atoms with E-state index in [1.165, 1.54) is 25.6 Å². The molecule has 4 aromatic rings. The highest BCUT2D eigenvalue weighted by Gasteiger charge is 2.15. The number of nitrogens with one attached hydrogen (secondary N) is 2. The second-order valence-electron chi connectivity index (χ2n) is 6.51. The third kappa shape index (κ3) is 4.34. The van der Waals surface area contributed by atoms with Gasteiger partial charge in [0.2, 0.25) is 0 Å². The van der Waals surface area contributed by atoms with Gasteiger partial charge in [-0.2, -0.15) is 0 Å². The van der Waals surface area contributed by atoms with Crippen LogP contribution in [-0.2, 0) is 0 Å². The first-order valence-corrected chi connectivity index (χ1v) is 10.2. The topological polar surface area (TPSA) is 89.5 Å². The van der Waals surface area contributed by atoms with Crippen LogP contribution in [0.5, 0.6) is 11.5 Å². The molecule has 0 bridgehead atoms. The summed E-state index contributed by atoms with van der Waals surface area (Å²) in [5, 5.41) is 6.14. The summed E-state index contributed by atoms with van der Waals surface area (Å²) in [7, 11) is 3.04. The summed E-state index contributed by atoms with van der Waals surface area (Å²) in [6.07, 6.45) is 0. The van der Waals surface area contributed by atoms with Gasteiger partial charge in [-0.05, 0) is 42.5 Å². The van der Waals surface area contributed by atoms with Gasteiger partial charge >= 0.3 is 0 Å². The summed E-state index contributed by atoms with van der Waals surface area (Å²) >= 11 is 1.32. The third-order valence-corrected chi connectivity index (χ3v) is 5.50. The quantitative estimate of drug-likeness (QED) is 0.455. The van der Waals surface area contributed by atoms with E-state index in [0.717, 1.165) is 10.2 Å². The minimum Gasteiger partial charge on any atom is -0.496 e. The Balaban J connectivity index is 1.53. The fourth-order valence-electron chi connectivity index (χ4n) is 3.08. The van der Waals surface area contributed by atoms with Crippen molar-refractivity contribution < 1.29 is 19.1 Å². The Morgan fingerprint density at radius 3 is 2.00 bits per heavy atom. The third-order valence-electron chi connectivity index (χ3n) is 4.57. The first-order chi connectivity index (χ1) is 15.1. The van der Waals surface area contributed by atoms with Crippen molar-refractivity contribution in [1.82, 2.24) is 4.98 Å². The molecule has 0 spiro atoms. The minimum absolute atomic E-state index is 0.272. The van der Waals surface area contributed by atoms with Crippen molar-refractivity contribution >= 4 is 44.2 Å². The van der Waals surface area contributed by atoms with E-state index in [9.17, 15) is 9.59 Å². The van der Waals surface area contributed by atoms with E-state index in [2.05, 4.69) is 15.6 Å². The second kappa shape index (κ2) is 8.85. The van der Waals surface area contributed by atoms with E-state index in [1.807, 2.05) is 6.07 Å². The van der Waals surface area contributed by atoms with Crippen LogP contribution in [0.4, 0.5) is 10.8 Å². The van der Waals surface area contributed by atoms with Gasteiger partial charge in [0.1, 0.15) is 11.5 Å². The lowest BCUT2D eigenvalue weighted by Gasteiger charge is -2.09. The molecule has 2 N–H and O–H groups in total. The van der Waals surface area contributed by atoms with Crippen LogP contribution in [0.3, 0.4) is 0 Å². The van der Waals surface area contributed by atoms with Crippen molar-refractivity contribution in [1.29, 1.82) is 0 Å². The van der Waals surface area contributed by atoms with E-state index in [1.54, 1.807) is 60.7 Å². The molecule has 0 unspecified atom stereocenters. The van der Waals surface area contributed by atoms with Crippen molar-refractivity contribution in [3.63, 3.8) is 0 Å². The smallest absolute Gasteiger partial charge is 0.261 e. The maximum atomic E-state index is 12.6. The van der Waals surface area contributed by atoms with Crippen LogP contribution < -0.4 is 20.1 Å². The predicted molar refractivity (Wildman–Crippen MR) is 122 cm³/mol. The molecule has 0 radical (unpaired) electrons. The molecule has 0 fully saturated rings. The molecule has 0 aliphatic rings. The zero-order valence-corrected chi connectivity index (χ0v) is 17.7. The first kappa shape index (κ1) is 20.4. The summed E-state index contributed by atoms with van der Waals surface area (Å²) in [6, 6.07) is 19.4. The number of hydrogen-bond donors (Lipinski definition) is 2. The number of para-hydroxylation sites is 2. The summed E-state index contributed by atoms with van der Waals surface area (Å²) < 4.78 is 11.3. The number of benzene rings is 3. The van der Waals surface area contributed by atoms with Crippen LogP contribution in [0.15, 0.2) is 66.7 Å². The molecule has 7 nitrogen and oxygen atoms in total. The number of thiazole rings is 1. The molecule has 4 rings (SSSR count). The fraction of sp³-hybridized carbons (Fsp3) is 0.0870. The van der Waals surface area contributed by atoms with Gasteiger partial charge in [-0.15, -0.1) is 0 Å². The Morgan fingerprint density at radius 1 is 0.806 bits per heavy atom. The van der Waals surface area contributed by atoms with Gasteiger partial charge in [0.05, 0.1) is 35.6 Å². The van der Waals surface area contributed by atoms with Gasteiger partial charge in [-0.25, -0.2) is 4.98 Å². The zero-order chi connectivity index (χ0) is 21.8. The molecule has 0 aliphatic carbocycles. The Hall–Kier alpha value is -3.91. The summed E-state index contributed by atoms with van der Waals surface area (Å²) in [5.41, 5.74) is 2.21. The molecule has 0 saturated carbocycles. The van der Waals surface area contributed by atoms with Crippen LogP contribution in [0.1, 0.15) is 20.7 Å². The number of rotatable bonds is 6. The lowest BCUT2D eigenvalue weighted by atomic mass is 10.2. The molecule has 3 aromatic carbocycles. The molecule has 2 amide bonds. The number of hydrogen-bond acceptors (Lipinski definition) is 6. The van der Waals surface area contributed by atoms with Crippen molar-refractivity contribution in [2.75, 3.05) is 24.9 Å². The number of nitrogens with zero attached hydrogens (tertiary/aromatic N) is 1. The lowest BCUT2D eigenvalue weighted by Crippen LogP contribution is -2.12. The van der Waals surface area contributed by atoms with Crippen molar-refractivity contribution in [2.24, 2.45) is 0 Å². The molecule has 1 aromatic heterocycles. The lowest BCUT2D eigenvalue weighted by molar-refractivity contribution is 0.101. The van der Waals surface area contributed by atoms with Gasteiger partial charge in [0.15, 0.2) is 5.13 Å². The maximum Gasteiger partial charge on any atom is 0.261 e. The first-order valence-electron chi connectivity index (χ1n) is 9.38. The van der Waals surface area contributed by atoms with Crippen LogP contribution >= 0.6 is 11.3 Å². The average molecular weight is 433 g/mol. The van der Waals surface area contributed by atoms with Crippen LogP contribution in [0.25, 0.3) is 10.2 Å². The molecule has 156 valence electrons. The molecule has 0 atom stereocenters. The second-order valence-corrected chi connectivity index (χ2v) is 7.54. The van der Waals surface area contributed by atoms with Crippen molar-refractivity contribution in [3.8, 4) is 11.5 Å². The Kier molecular flexibility index (Phi) is 5.81. The monoisotopic (exact) mass is 433 g/mol. The number of anilines is 2. The Bertz CT molecular complexity index is 1210. The van der Waals surface area contributed by atoms with Gasteiger partial charge in [-0.1, -0.05) is 35.6 Å². The number of methoxy groups -OCH3 is 2. The molecule has 1 heterocycles. The van der Waals surface area contributed by atoms with E-state index >= 15 is 0 Å². The minimum atomic E-state index is -0.304. The zero-order valence-electron chi connectivity index (χ0n) is 16.8. The molecule has 0 saturated heterocycles.